The smallest absolute Gasteiger partial charge is 0.255 e. The molecule has 0 unspecified atom stereocenters. The van der Waals surface area contributed by atoms with Gasteiger partial charge in [0.25, 0.3) is 11.8 Å². The van der Waals surface area contributed by atoms with Crippen LogP contribution in [0.3, 0.4) is 0 Å². The first-order valence-corrected chi connectivity index (χ1v) is 9.91. The normalized spacial score (nSPS) is 10.6. The molecule has 2 rings (SSSR count). The van der Waals surface area contributed by atoms with Crippen molar-refractivity contribution in [2.45, 2.75) is 26.7 Å². The van der Waals surface area contributed by atoms with Crippen LogP contribution in [0.5, 0.6) is 5.75 Å². The quantitative estimate of drug-likeness (QED) is 0.558. The predicted octanol–water partition coefficient (Wildman–Crippen LogP) is 4.13. The van der Waals surface area contributed by atoms with Crippen molar-refractivity contribution in [2.75, 3.05) is 32.2 Å². The lowest BCUT2D eigenvalue weighted by Gasteiger charge is -2.10. The van der Waals surface area contributed by atoms with Gasteiger partial charge in [-0.15, -0.1) is 0 Å². The first-order valence-electron chi connectivity index (χ1n) is 9.91. The van der Waals surface area contributed by atoms with E-state index in [1.807, 2.05) is 0 Å². The molecule has 2 N–H and O–H groups in total. The van der Waals surface area contributed by atoms with Gasteiger partial charge in [0.1, 0.15) is 5.75 Å². The van der Waals surface area contributed by atoms with Gasteiger partial charge in [0.05, 0.1) is 6.61 Å². The molecule has 0 atom stereocenters. The first-order chi connectivity index (χ1) is 14.0. The van der Waals surface area contributed by atoms with E-state index >= 15 is 0 Å². The fourth-order valence-electron chi connectivity index (χ4n) is 2.54. The number of carbonyl (C=O) groups excluding carboxylic acids is 2. The van der Waals surface area contributed by atoms with E-state index in [0.717, 1.165) is 18.6 Å². The van der Waals surface area contributed by atoms with Crippen molar-refractivity contribution in [2.24, 2.45) is 5.92 Å². The van der Waals surface area contributed by atoms with Crippen LogP contribution < -0.4 is 15.4 Å². The number of rotatable bonds is 11. The second-order valence-electron chi connectivity index (χ2n) is 7.19. The molecule has 6 heteroatoms. The van der Waals surface area contributed by atoms with Crippen LogP contribution in [0.15, 0.2) is 48.5 Å². The van der Waals surface area contributed by atoms with Crippen molar-refractivity contribution < 1.29 is 19.1 Å². The topological polar surface area (TPSA) is 76.7 Å². The SMILES string of the molecule is COCCCNC(=O)c1ccc(NC(=O)c2ccc(OCCC(C)C)cc2)cc1. The van der Waals surface area contributed by atoms with E-state index in [9.17, 15) is 9.59 Å². The Bertz CT molecular complexity index is 770. The summed E-state index contributed by atoms with van der Waals surface area (Å²) in [4.78, 5) is 24.5. The molecule has 2 aromatic rings. The standard InChI is InChI=1S/C23H30N2O4/c1-17(2)13-16-29-21-11-7-19(8-12-21)23(27)25-20-9-5-18(6-10-20)22(26)24-14-4-15-28-3/h5-12,17H,4,13-16H2,1-3H3,(H,24,26)(H,25,27). The molecule has 0 aromatic heterocycles. The van der Waals surface area contributed by atoms with Crippen LogP contribution in [-0.2, 0) is 4.74 Å². The molecule has 2 amide bonds. The Hall–Kier alpha value is -2.86. The highest BCUT2D eigenvalue weighted by molar-refractivity contribution is 6.04. The fraction of sp³-hybridized carbons (Fsp3) is 0.391. The Kier molecular flexibility index (Phi) is 9.18. The van der Waals surface area contributed by atoms with Crippen LogP contribution in [0, 0.1) is 5.92 Å². The van der Waals surface area contributed by atoms with Crippen LogP contribution >= 0.6 is 0 Å². The summed E-state index contributed by atoms with van der Waals surface area (Å²) in [6.07, 6.45) is 1.75. The van der Waals surface area contributed by atoms with E-state index < -0.39 is 0 Å². The van der Waals surface area contributed by atoms with E-state index in [0.29, 0.717) is 42.5 Å². The van der Waals surface area contributed by atoms with Crippen molar-refractivity contribution >= 4 is 17.5 Å². The number of ether oxygens (including phenoxy) is 2. The number of carbonyl (C=O) groups is 2. The number of benzene rings is 2. The molecular formula is C23H30N2O4. The minimum Gasteiger partial charge on any atom is -0.494 e. The van der Waals surface area contributed by atoms with Crippen molar-refractivity contribution in [3.05, 3.63) is 59.7 Å². The molecular weight excluding hydrogens is 368 g/mol. The lowest BCUT2D eigenvalue weighted by atomic mass is 10.1. The maximum absolute atomic E-state index is 12.4. The van der Waals surface area contributed by atoms with E-state index in [4.69, 9.17) is 9.47 Å². The number of anilines is 1. The summed E-state index contributed by atoms with van der Waals surface area (Å²) in [5.41, 5.74) is 1.72. The third-order valence-electron chi connectivity index (χ3n) is 4.30. The summed E-state index contributed by atoms with van der Waals surface area (Å²) < 4.78 is 10.6. The maximum Gasteiger partial charge on any atom is 0.255 e. The lowest BCUT2D eigenvalue weighted by Crippen LogP contribution is -2.25. The zero-order chi connectivity index (χ0) is 21.1. The maximum atomic E-state index is 12.4. The van der Waals surface area contributed by atoms with Gasteiger partial charge in [-0.2, -0.15) is 0 Å². The zero-order valence-corrected chi connectivity index (χ0v) is 17.4. The highest BCUT2D eigenvalue weighted by atomic mass is 16.5. The monoisotopic (exact) mass is 398 g/mol. The lowest BCUT2D eigenvalue weighted by molar-refractivity contribution is 0.0948. The molecule has 29 heavy (non-hydrogen) atoms. The molecule has 0 aliphatic rings. The summed E-state index contributed by atoms with van der Waals surface area (Å²) in [6, 6.07) is 13.9. The third kappa shape index (κ3) is 7.95. The molecule has 0 bridgehead atoms. The largest absolute Gasteiger partial charge is 0.494 e. The Labute approximate surface area is 172 Å². The molecule has 0 fully saturated rings. The molecule has 0 saturated heterocycles. The second kappa shape index (κ2) is 11.9. The van der Waals surface area contributed by atoms with Crippen LogP contribution in [0.25, 0.3) is 0 Å². The van der Waals surface area contributed by atoms with E-state index in [2.05, 4.69) is 24.5 Å². The summed E-state index contributed by atoms with van der Waals surface area (Å²) in [6.45, 7) is 6.13. The molecule has 0 radical (unpaired) electrons. The average Bonchev–Trinajstić information content (AvgIpc) is 2.72. The Morgan fingerprint density at radius 2 is 1.52 bits per heavy atom. The van der Waals surface area contributed by atoms with Crippen molar-refractivity contribution in [3.8, 4) is 5.75 Å². The summed E-state index contributed by atoms with van der Waals surface area (Å²) in [5, 5.41) is 5.66. The van der Waals surface area contributed by atoms with Gasteiger partial charge in [-0.25, -0.2) is 0 Å². The van der Waals surface area contributed by atoms with Gasteiger partial charge in [0.2, 0.25) is 0 Å². The molecule has 0 spiro atoms. The molecule has 2 aromatic carbocycles. The zero-order valence-electron chi connectivity index (χ0n) is 17.4. The fourth-order valence-corrected chi connectivity index (χ4v) is 2.54. The van der Waals surface area contributed by atoms with Gasteiger partial charge >= 0.3 is 0 Å². The second-order valence-corrected chi connectivity index (χ2v) is 7.19. The third-order valence-corrected chi connectivity index (χ3v) is 4.30. The van der Waals surface area contributed by atoms with Crippen LogP contribution in [-0.4, -0.2) is 38.7 Å². The van der Waals surface area contributed by atoms with Gasteiger partial charge in [0, 0.05) is 37.1 Å². The number of methoxy groups -OCH3 is 1. The molecule has 156 valence electrons. The average molecular weight is 399 g/mol. The molecule has 0 heterocycles. The summed E-state index contributed by atoms with van der Waals surface area (Å²) >= 11 is 0. The summed E-state index contributed by atoms with van der Waals surface area (Å²) in [5.74, 6) is 0.985. The number of hydrogen-bond acceptors (Lipinski definition) is 4. The molecule has 0 aliphatic carbocycles. The van der Waals surface area contributed by atoms with Crippen LogP contribution in [0.4, 0.5) is 5.69 Å². The van der Waals surface area contributed by atoms with Crippen molar-refractivity contribution in [1.82, 2.24) is 5.32 Å². The minimum absolute atomic E-state index is 0.146. The Balaban J connectivity index is 1.84. The van der Waals surface area contributed by atoms with E-state index in [1.165, 1.54) is 0 Å². The minimum atomic E-state index is -0.213. The number of hydrogen-bond donors (Lipinski definition) is 2. The van der Waals surface area contributed by atoms with Crippen molar-refractivity contribution in [3.63, 3.8) is 0 Å². The van der Waals surface area contributed by atoms with Gasteiger partial charge < -0.3 is 20.1 Å². The van der Waals surface area contributed by atoms with E-state index in [1.54, 1.807) is 55.6 Å². The van der Waals surface area contributed by atoms with Gasteiger partial charge in [-0.05, 0) is 67.3 Å². The van der Waals surface area contributed by atoms with Crippen LogP contribution in [0.2, 0.25) is 0 Å². The van der Waals surface area contributed by atoms with Gasteiger partial charge in [-0.1, -0.05) is 13.8 Å². The first kappa shape index (κ1) is 22.4. The highest BCUT2D eigenvalue weighted by Gasteiger charge is 2.08. The predicted molar refractivity (Wildman–Crippen MR) is 115 cm³/mol. The van der Waals surface area contributed by atoms with E-state index in [-0.39, 0.29) is 11.8 Å². The Morgan fingerprint density at radius 1 is 0.897 bits per heavy atom. The highest BCUT2D eigenvalue weighted by Crippen LogP contribution is 2.16. The molecule has 0 aliphatic heterocycles. The van der Waals surface area contributed by atoms with Crippen LogP contribution in [0.1, 0.15) is 47.4 Å². The Morgan fingerprint density at radius 3 is 2.14 bits per heavy atom. The molecule has 0 saturated carbocycles. The number of nitrogens with one attached hydrogen (secondary N) is 2. The van der Waals surface area contributed by atoms with Gasteiger partial charge in [0.15, 0.2) is 0 Å². The number of amides is 2. The summed E-state index contributed by atoms with van der Waals surface area (Å²) in [7, 11) is 1.63. The van der Waals surface area contributed by atoms with Crippen molar-refractivity contribution in [1.29, 1.82) is 0 Å². The van der Waals surface area contributed by atoms with Gasteiger partial charge in [-0.3, -0.25) is 9.59 Å². The molecule has 6 nitrogen and oxygen atoms in total.